The number of carbonyl (C=O) groups is 3. The maximum absolute atomic E-state index is 11.9. The fourth-order valence-electron chi connectivity index (χ4n) is 1.58. The van der Waals surface area contributed by atoms with Crippen molar-refractivity contribution in [2.75, 3.05) is 32.1 Å². The molecule has 0 aromatic rings. The summed E-state index contributed by atoms with van der Waals surface area (Å²) < 4.78 is 14.4. The van der Waals surface area contributed by atoms with E-state index in [4.69, 9.17) is 0 Å². The Morgan fingerprint density at radius 3 is 2.74 bits per heavy atom. The highest BCUT2D eigenvalue weighted by Crippen LogP contribution is 2.23. The van der Waals surface area contributed by atoms with Crippen LogP contribution in [-0.2, 0) is 14.4 Å². The zero-order valence-corrected chi connectivity index (χ0v) is 11.9. The zero-order chi connectivity index (χ0) is 14.3. The number of nitrogens with zero attached hydrogens (tertiary/aromatic N) is 1. The molecule has 0 bridgehead atoms. The summed E-state index contributed by atoms with van der Waals surface area (Å²) in [5, 5.41) is 1.79. The fraction of sp³-hybridized carbons (Fsp3) is 0.700. The number of rotatable bonds is 7. The lowest BCUT2D eigenvalue weighted by Crippen LogP contribution is -2.47. The molecule has 0 unspecified atom stereocenters. The lowest BCUT2D eigenvalue weighted by atomic mass is 10.3. The van der Waals surface area contributed by atoms with Gasteiger partial charge in [0.2, 0.25) is 5.91 Å². The summed E-state index contributed by atoms with van der Waals surface area (Å²) in [5.74, 6) is -0.333. The van der Waals surface area contributed by atoms with Crippen LogP contribution in [-0.4, -0.2) is 59.9 Å². The summed E-state index contributed by atoms with van der Waals surface area (Å²) in [5.41, 5.74) is 0. The monoisotopic (exact) mass is 309 g/mol. The number of hydrogen-bond donors (Lipinski definition) is 3. The van der Waals surface area contributed by atoms with E-state index in [-0.39, 0.29) is 31.2 Å². The Morgan fingerprint density at radius 1 is 1.37 bits per heavy atom. The molecule has 0 aliphatic carbocycles. The molecular formula is C10H16FN3O3S2. The second kappa shape index (κ2) is 8.39. The van der Waals surface area contributed by atoms with Gasteiger partial charge in [0.05, 0.1) is 19.8 Å². The third-order valence-corrected chi connectivity index (χ3v) is 3.86. The Kier molecular flexibility index (Phi) is 7.17. The normalized spacial score (nSPS) is 18.4. The topological polar surface area (TPSA) is 78.5 Å². The van der Waals surface area contributed by atoms with Gasteiger partial charge in [-0.1, -0.05) is 12.8 Å². The van der Waals surface area contributed by atoms with Gasteiger partial charge in [0.25, 0.3) is 5.91 Å². The molecule has 1 atom stereocenters. The molecule has 0 aromatic carbocycles. The van der Waals surface area contributed by atoms with Crippen LogP contribution in [0, 0.1) is 0 Å². The number of ketones is 1. The highest BCUT2D eigenvalue weighted by Gasteiger charge is 2.34. The third kappa shape index (κ3) is 5.00. The van der Waals surface area contributed by atoms with Crippen molar-refractivity contribution in [2.45, 2.75) is 11.8 Å². The lowest BCUT2D eigenvalue weighted by Gasteiger charge is -2.22. The first-order chi connectivity index (χ1) is 9.10. The predicted molar refractivity (Wildman–Crippen MR) is 73.6 cm³/mol. The molecule has 0 radical (unpaired) electrons. The van der Waals surface area contributed by atoms with Gasteiger partial charge >= 0.3 is 0 Å². The molecule has 0 saturated carbocycles. The standard InChI is InChI=1S/C10H16FN3O3S2/c11-2-1-7(15)5-12-9(17)10-14(3-4-19-10)8(16)6-13-18/h10,13,18H,1-6H2,(H,12,17)/t10-/m0/s1. The molecule has 6 nitrogen and oxygen atoms in total. The Labute approximate surface area is 120 Å². The molecule has 9 heteroatoms. The van der Waals surface area contributed by atoms with Gasteiger partial charge in [-0.25, -0.2) is 0 Å². The van der Waals surface area contributed by atoms with Crippen LogP contribution in [0.3, 0.4) is 0 Å². The van der Waals surface area contributed by atoms with Gasteiger partial charge < -0.3 is 10.2 Å². The number of thioether (sulfide) groups is 1. The Morgan fingerprint density at radius 2 is 2.11 bits per heavy atom. The minimum atomic E-state index is -0.731. The van der Waals surface area contributed by atoms with Crippen LogP contribution < -0.4 is 10.0 Å². The van der Waals surface area contributed by atoms with Gasteiger partial charge in [-0.05, 0) is 0 Å². The minimum Gasteiger partial charge on any atom is -0.346 e. The van der Waals surface area contributed by atoms with Crippen molar-refractivity contribution in [1.29, 1.82) is 0 Å². The van der Waals surface area contributed by atoms with Gasteiger partial charge in [0, 0.05) is 18.7 Å². The van der Waals surface area contributed by atoms with E-state index in [0.29, 0.717) is 12.3 Å². The van der Waals surface area contributed by atoms with Gasteiger partial charge in [0.1, 0.15) is 0 Å². The van der Waals surface area contributed by atoms with Crippen molar-refractivity contribution in [1.82, 2.24) is 14.9 Å². The summed E-state index contributed by atoms with van der Waals surface area (Å²) in [6.07, 6.45) is -0.204. The van der Waals surface area contributed by atoms with Crippen molar-refractivity contribution < 1.29 is 18.8 Å². The van der Waals surface area contributed by atoms with Crippen LogP contribution >= 0.6 is 24.6 Å². The molecule has 1 aliphatic heterocycles. The van der Waals surface area contributed by atoms with Gasteiger partial charge in [-0.2, -0.15) is 0 Å². The summed E-state index contributed by atoms with van der Waals surface area (Å²) in [4.78, 5) is 36.1. The largest absolute Gasteiger partial charge is 0.346 e. The van der Waals surface area contributed by atoms with Gasteiger partial charge in [0.15, 0.2) is 11.2 Å². The van der Waals surface area contributed by atoms with Gasteiger partial charge in [-0.15, -0.1) is 11.8 Å². The number of halogens is 1. The molecular weight excluding hydrogens is 293 g/mol. The smallest absolute Gasteiger partial charge is 0.253 e. The van der Waals surface area contributed by atoms with E-state index in [9.17, 15) is 18.8 Å². The Bertz CT molecular complexity index is 357. The minimum absolute atomic E-state index is 0.0359. The summed E-state index contributed by atoms with van der Waals surface area (Å²) in [7, 11) is 0. The first-order valence-corrected chi connectivity index (χ1v) is 7.23. The van der Waals surface area contributed by atoms with Crippen LogP contribution in [0.15, 0.2) is 0 Å². The molecule has 0 aromatic heterocycles. The number of alkyl halides is 1. The summed E-state index contributed by atoms with van der Waals surface area (Å²) in [6, 6.07) is 0. The molecule has 0 spiro atoms. The first-order valence-electron chi connectivity index (χ1n) is 5.73. The third-order valence-electron chi connectivity index (χ3n) is 2.50. The molecule has 2 amide bonds. The fourth-order valence-corrected chi connectivity index (χ4v) is 2.88. The van der Waals surface area contributed by atoms with E-state index >= 15 is 0 Å². The van der Waals surface area contributed by atoms with Crippen molar-refractivity contribution in [3.63, 3.8) is 0 Å². The summed E-state index contributed by atoms with van der Waals surface area (Å²) in [6.45, 7) is -0.415. The predicted octanol–water partition coefficient (Wildman–Crippen LogP) is -0.633. The number of thiol groups is 1. The Balaban J connectivity index is 2.46. The van der Waals surface area contributed by atoms with Crippen LogP contribution in [0.4, 0.5) is 4.39 Å². The van der Waals surface area contributed by atoms with Crippen molar-refractivity contribution in [2.24, 2.45) is 0 Å². The van der Waals surface area contributed by atoms with E-state index in [1.54, 1.807) is 0 Å². The molecule has 1 rings (SSSR count). The highest BCUT2D eigenvalue weighted by molar-refractivity contribution is 8.00. The van der Waals surface area contributed by atoms with E-state index in [1.807, 2.05) is 0 Å². The van der Waals surface area contributed by atoms with Gasteiger partial charge in [-0.3, -0.25) is 23.5 Å². The molecule has 108 valence electrons. The highest BCUT2D eigenvalue weighted by atomic mass is 32.2. The van der Waals surface area contributed by atoms with Crippen LogP contribution in [0.1, 0.15) is 6.42 Å². The number of hydrogen-bond acceptors (Lipinski definition) is 6. The van der Waals surface area contributed by atoms with Crippen molar-refractivity contribution in [3.05, 3.63) is 0 Å². The van der Waals surface area contributed by atoms with E-state index in [1.165, 1.54) is 16.7 Å². The molecule has 19 heavy (non-hydrogen) atoms. The average molecular weight is 309 g/mol. The lowest BCUT2D eigenvalue weighted by molar-refractivity contribution is -0.135. The SMILES string of the molecule is O=C(CCF)CNC(=O)[C@@H]1SCCN1C(=O)CNS. The van der Waals surface area contributed by atoms with E-state index < -0.39 is 18.0 Å². The summed E-state index contributed by atoms with van der Waals surface area (Å²) >= 11 is 5.07. The number of amides is 2. The maximum atomic E-state index is 11.9. The average Bonchev–Trinajstić information content (AvgIpc) is 2.86. The zero-order valence-electron chi connectivity index (χ0n) is 10.2. The second-order valence-electron chi connectivity index (χ2n) is 3.84. The first kappa shape index (κ1) is 16.3. The molecule has 1 fully saturated rings. The second-order valence-corrected chi connectivity index (χ2v) is 5.34. The quantitative estimate of drug-likeness (QED) is 0.546. The number of Topliss-reactive ketones (excluding diaryl/α,β-unsaturated/α-hetero) is 1. The number of nitrogens with one attached hydrogen (secondary N) is 2. The van der Waals surface area contributed by atoms with Crippen molar-refractivity contribution >= 4 is 42.2 Å². The van der Waals surface area contributed by atoms with E-state index in [2.05, 4.69) is 22.9 Å². The molecule has 1 saturated heterocycles. The van der Waals surface area contributed by atoms with Crippen molar-refractivity contribution in [3.8, 4) is 0 Å². The Hall–Kier alpha value is -0.800. The molecule has 2 N–H and O–H groups in total. The van der Waals surface area contributed by atoms with Crippen LogP contribution in [0.5, 0.6) is 0 Å². The molecule has 1 aliphatic rings. The maximum Gasteiger partial charge on any atom is 0.253 e. The van der Waals surface area contributed by atoms with E-state index in [0.717, 1.165) is 0 Å². The van der Waals surface area contributed by atoms with Crippen LogP contribution in [0.25, 0.3) is 0 Å². The number of carbonyl (C=O) groups excluding carboxylic acids is 3. The van der Waals surface area contributed by atoms with Crippen LogP contribution in [0.2, 0.25) is 0 Å². The molecule has 1 heterocycles.